The summed E-state index contributed by atoms with van der Waals surface area (Å²) in [6.45, 7) is 8.18. The molecule has 1 aromatic rings. The fourth-order valence-electron chi connectivity index (χ4n) is 1.79. The third-order valence-corrected chi connectivity index (χ3v) is 2.51. The molecule has 16 heavy (non-hydrogen) atoms. The Morgan fingerprint density at radius 3 is 2.38 bits per heavy atom. The molecule has 0 saturated carbocycles. The fraction of sp³-hybridized carbons (Fsp3) is 0.667. The van der Waals surface area contributed by atoms with Gasteiger partial charge in [-0.1, -0.05) is 13.8 Å². The first kappa shape index (κ1) is 12.7. The minimum Gasteiger partial charge on any atom is -0.373 e. The molecule has 2 heterocycles. The molecule has 0 bridgehead atoms. The predicted molar refractivity (Wildman–Crippen MR) is 69.1 cm³/mol. The van der Waals surface area contributed by atoms with Gasteiger partial charge in [-0.2, -0.15) is 0 Å². The second kappa shape index (κ2) is 6.30. The molecule has 1 aliphatic rings. The highest BCUT2D eigenvalue weighted by Crippen LogP contribution is 2.19. The first-order chi connectivity index (χ1) is 7.79. The van der Waals surface area contributed by atoms with Crippen LogP contribution in [-0.4, -0.2) is 30.1 Å². The van der Waals surface area contributed by atoms with Crippen molar-refractivity contribution in [1.29, 1.82) is 0 Å². The second-order valence-electron chi connectivity index (χ2n) is 3.60. The SMILES string of the molecule is CC.CNc1cc(N2CCCC2)nc(C)n1. The van der Waals surface area contributed by atoms with E-state index in [9.17, 15) is 0 Å². The van der Waals surface area contributed by atoms with Crippen molar-refractivity contribution in [3.05, 3.63) is 11.9 Å². The van der Waals surface area contributed by atoms with E-state index in [1.807, 2.05) is 33.9 Å². The van der Waals surface area contributed by atoms with E-state index >= 15 is 0 Å². The lowest BCUT2D eigenvalue weighted by Gasteiger charge is -2.17. The van der Waals surface area contributed by atoms with E-state index in [-0.39, 0.29) is 0 Å². The van der Waals surface area contributed by atoms with Crippen LogP contribution in [0.3, 0.4) is 0 Å². The van der Waals surface area contributed by atoms with Gasteiger partial charge >= 0.3 is 0 Å². The van der Waals surface area contributed by atoms with Gasteiger partial charge in [0.1, 0.15) is 17.5 Å². The number of rotatable bonds is 2. The molecular weight excluding hydrogens is 200 g/mol. The lowest BCUT2D eigenvalue weighted by Crippen LogP contribution is -2.19. The van der Waals surface area contributed by atoms with Crippen LogP contribution in [0.5, 0.6) is 0 Å². The molecule has 1 aliphatic heterocycles. The maximum atomic E-state index is 4.44. The Kier molecular flexibility index (Phi) is 5.02. The third kappa shape index (κ3) is 3.08. The van der Waals surface area contributed by atoms with Crippen molar-refractivity contribution in [2.75, 3.05) is 30.4 Å². The van der Waals surface area contributed by atoms with E-state index in [0.29, 0.717) is 0 Å². The highest BCUT2D eigenvalue weighted by atomic mass is 15.2. The summed E-state index contributed by atoms with van der Waals surface area (Å²) in [5.41, 5.74) is 0. The number of aryl methyl sites for hydroxylation is 1. The van der Waals surface area contributed by atoms with Crippen molar-refractivity contribution in [1.82, 2.24) is 9.97 Å². The largest absolute Gasteiger partial charge is 0.373 e. The van der Waals surface area contributed by atoms with Crippen LogP contribution < -0.4 is 10.2 Å². The fourth-order valence-corrected chi connectivity index (χ4v) is 1.79. The van der Waals surface area contributed by atoms with Gasteiger partial charge in [0.2, 0.25) is 0 Å². The van der Waals surface area contributed by atoms with Crippen molar-refractivity contribution in [3.63, 3.8) is 0 Å². The molecule has 0 aliphatic carbocycles. The van der Waals surface area contributed by atoms with Crippen LogP contribution in [-0.2, 0) is 0 Å². The van der Waals surface area contributed by atoms with Crippen molar-refractivity contribution in [2.45, 2.75) is 33.6 Å². The van der Waals surface area contributed by atoms with E-state index in [2.05, 4.69) is 20.2 Å². The summed E-state index contributed by atoms with van der Waals surface area (Å²) in [4.78, 5) is 11.0. The molecule has 4 nitrogen and oxygen atoms in total. The van der Waals surface area contributed by atoms with Crippen LogP contribution in [0.2, 0.25) is 0 Å². The number of hydrogen-bond acceptors (Lipinski definition) is 4. The number of aromatic nitrogens is 2. The zero-order valence-electron chi connectivity index (χ0n) is 10.7. The topological polar surface area (TPSA) is 41.0 Å². The highest BCUT2D eigenvalue weighted by molar-refractivity contribution is 5.49. The van der Waals surface area contributed by atoms with Crippen molar-refractivity contribution >= 4 is 11.6 Å². The smallest absolute Gasteiger partial charge is 0.134 e. The zero-order valence-corrected chi connectivity index (χ0v) is 10.7. The summed E-state index contributed by atoms with van der Waals surface area (Å²) in [6, 6.07) is 2.01. The Bertz CT molecular complexity index is 319. The molecule has 1 fully saturated rings. The molecule has 0 spiro atoms. The van der Waals surface area contributed by atoms with Gasteiger partial charge in [0, 0.05) is 26.2 Å². The maximum Gasteiger partial charge on any atom is 0.134 e. The van der Waals surface area contributed by atoms with Gasteiger partial charge in [-0.05, 0) is 19.8 Å². The highest BCUT2D eigenvalue weighted by Gasteiger charge is 2.14. The number of anilines is 2. The van der Waals surface area contributed by atoms with Gasteiger partial charge in [0.15, 0.2) is 0 Å². The number of hydrogen-bond donors (Lipinski definition) is 1. The first-order valence-electron chi connectivity index (χ1n) is 6.08. The zero-order chi connectivity index (χ0) is 12.0. The van der Waals surface area contributed by atoms with Gasteiger partial charge in [-0.15, -0.1) is 0 Å². The molecule has 1 N–H and O–H groups in total. The van der Waals surface area contributed by atoms with Crippen LogP contribution in [0.25, 0.3) is 0 Å². The quantitative estimate of drug-likeness (QED) is 0.834. The lowest BCUT2D eigenvalue weighted by atomic mass is 10.4. The molecule has 90 valence electrons. The molecular formula is C12H22N4. The Hall–Kier alpha value is -1.32. The molecule has 1 aromatic heterocycles. The minimum atomic E-state index is 0.832. The molecule has 2 rings (SSSR count). The minimum absolute atomic E-state index is 0.832. The molecule has 0 unspecified atom stereocenters. The Morgan fingerprint density at radius 2 is 1.81 bits per heavy atom. The predicted octanol–water partition coefficient (Wildman–Crippen LogP) is 2.45. The van der Waals surface area contributed by atoms with Gasteiger partial charge in [0.25, 0.3) is 0 Å². The molecule has 1 saturated heterocycles. The number of nitrogens with one attached hydrogen (secondary N) is 1. The number of nitrogens with zero attached hydrogens (tertiary/aromatic N) is 3. The van der Waals surface area contributed by atoms with E-state index < -0.39 is 0 Å². The lowest BCUT2D eigenvalue weighted by molar-refractivity contribution is 0.911. The molecule has 0 radical (unpaired) electrons. The average molecular weight is 222 g/mol. The molecule has 0 amide bonds. The summed E-state index contributed by atoms with van der Waals surface area (Å²) in [5.74, 6) is 2.79. The monoisotopic (exact) mass is 222 g/mol. The molecule has 4 heteroatoms. The van der Waals surface area contributed by atoms with E-state index in [4.69, 9.17) is 0 Å². The van der Waals surface area contributed by atoms with Gasteiger partial charge in [0.05, 0.1) is 0 Å². The molecule has 0 aromatic carbocycles. The van der Waals surface area contributed by atoms with Gasteiger partial charge in [-0.25, -0.2) is 9.97 Å². The van der Waals surface area contributed by atoms with Crippen molar-refractivity contribution < 1.29 is 0 Å². The van der Waals surface area contributed by atoms with Crippen molar-refractivity contribution in [2.24, 2.45) is 0 Å². The Morgan fingerprint density at radius 1 is 1.19 bits per heavy atom. The maximum absolute atomic E-state index is 4.44. The van der Waals surface area contributed by atoms with Crippen LogP contribution in [0, 0.1) is 6.92 Å². The first-order valence-corrected chi connectivity index (χ1v) is 6.08. The van der Waals surface area contributed by atoms with E-state index in [0.717, 1.165) is 30.5 Å². The third-order valence-electron chi connectivity index (χ3n) is 2.51. The van der Waals surface area contributed by atoms with Crippen LogP contribution >= 0.6 is 0 Å². The summed E-state index contributed by atoms with van der Waals surface area (Å²) >= 11 is 0. The molecule has 0 atom stereocenters. The summed E-state index contributed by atoms with van der Waals surface area (Å²) in [6.07, 6.45) is 2.55. The van der Waals surface area contributed by atoms with Crippen LogP contribution in [0.4, 0.5) is 11.6 Å². The summed E-state index contributed by atoms with van der Waals surface area (Å²) in [5, 5.41) is 3.05. The Balaban J connectivity index is 0.000000606. The Labute approximate surface area is 98.1 Å². The van der Waals surface area contributed by atoms with E-state index in [1.54, 1.807) is 0 Å². The summed E-state index contributed by atoms with van der Waals surface area (Å²) < 4.78 is 0. The van der Waals surface area contributed by atoms with Crippen LogP contribution in [0.1, 0.15) is 32.5 Å². The second-order valence-corrected chi connectivity index (χ2v) is 3.60. The standard InChI is InChI=1S/C10H16N4.C2H6/c1-8-12-9(11-2)7-10(13-8)14-5-3-4-6-14;1-2/h7H,3-6H2,1-2H3,(H,11,12,13);1-2H3. The normalized spacial score (nSPS) is 14.4. The summed E-state index contributed by atoms with van der Waals surface area (Å²) in [7, 11) is 1.88. The van der Waals surface area contributed by atoms with E-state index in [1.165, 1.54) is 12.8 Å². The van der Waals surface area contributed by atoms with Crippen LogP contribution in [0.15, 0.2) is 6.07 Å². The van der Waals surface area contributed by atoms with Gasteiger partial charge < -0.3 is 10.2 Å². The van der Waals surface area contributed by atoms with Crippen molar-refractivity contribution in [3.8, 4) is 0 Å². The van der Waals surface area contributed by atoms with Gasteiger partial charge in [-0.3, -0.25) is 0 Å². The average Bonchev–Trinajstić information content (AvgIpc) is 2.84.